The number of rotatable bonds is 5. The molecule has 1 aromatic carbocycles. The molecule has 0 amide bonds. The Morgan fingerprint density at radius 3 is 2.67 bits per heavy atom. The van der Waals surface area contributed by atoms with Crippen LogP contribution in [0.1, 0.15) is 29.8 Å². The molecule has 96 valence electrons. The summed E-state index contributed by atoms with van der Waals surface area (Å²) in [7, 11) is 0. The van der Waals surface area contributed by atoms with E-state index in [9.17, 15) is 0 Å². The fourth-order valence-electron chi connectivity index (χ4n) is 1.85. The van der Waals surface area contributed by atoms with E-state index in [0.717, 1.165) is 27.3 Å². The molecule has 2 aromatic rings. The SMILES string of the molecule is CCCNC(c1ccc(Br)s1)c1ccccc1Cl. The summed E-state index contributed by atoms with van der Waals surface area (Å²) in [6.07, 6.45) is 1.10. The Morgan fingerprint density at radius 1 is 1.28 bits per heavy atom. The molecule has 1 aromatic heterocycles. The number of benzene rings is 1. The van der Waals surface area contributed by atoms with Crippen molar-refractivity contribution in [2.24, 2.45) is 0 Å². The van der Waals surface area contributed by atoms with Crippen LogP contribution in [0, 0.1) is 0 Å². The van der Waals surface area contributed by atoms with E-state index in [1.54, 1.807) is 11.3 Å². The zero-order valence-corrected chi connectivity index (χ0v) is 13.3. The van der Waals surface area contributed by atoms with E-state index in [1.165, 1.54) is 4.88 Å². The largest absolute Gasteiger partial charge is 0.306 e. The molecule has 4 heteroatoms. The predicted molar refractivity (Wildman–Crippen MR) is 83.6 cm³/mol. The first-order valence-corrected chi connectivity index (χ1v) is 7.94. The molecule has 0 radical (unpaired) electrons. The van der Waals surface area contributed by atoms with E-state index in [-0.39, 0.29) is 6.04 Å². The van der Waals surface area contributed by atoms with Crippen LogP contribution in [-0.2, 0) is 0 Å². The molecule has 2 rings (SSSR count). The molecule has 0 fully saturated rings. The van der Waals surface area contributed by atoms with Gasteiger partial charge in [0.25, 0.3) is 0 Å². The maximum absolute atomic E-state index is 6.31. The summed E-state index contributed by atoms with van der Waals surface area (Å²) in [6.45, 7) is 3.15. The van der Waals surface area contributed by atoms with Gasteiger partial charge in [0.15, 0.2) is 0 Å². The summed E-state index contributed by atoms with van der Waals surface area (Å²) < 4.78 is 1.15. The fraction of sp³-hybridized carbons (Fsp3) is 0.286. The van der Waals surface area contributed by atoms with E-state index < -0.39 is 0 Å². The van der Waals surface area contributed by atoms with Crippen molar-refractivity contribution in [3.05, 3.63) is 55.6 Å². The first-order chi connectivity index (χ1) is 8.72. The first-order valence-electron chi connectivity index (χ1n) is 5.95. The lowest BCUT2D eigenvalue weighted by molar-refractivity contribution is 0.606. The minimum atomic E-state index is 0.176. The van der Waals surface area contributed by atoms with Crippen molar-refractivity contribution >= 4 is 38.9 Å². The van der Waals surface area contributed by atoms with Crippen molar-refractivity contribution in [3.63, 3.8) is 0 Å². The lowest BCUT2D eigenvalue weighted by Crippen LogP contribution is -2.22. The van der Waals surface area contributed by atoms with E-state index in [4.69, 9.17) is 11.6 Å². The van der Waals surface area contributed by atoms with Gasteiger partial charge < -0.3 is 5.32 Å². The third-order valence-corrected chi connectivity index (χ3v) is 4.73. The van der Waals surface area contributed by atoms with Crippen LogP contribution in [0.3, 0.4) is 0 Å². The van der Waals surface area contributed by atoms with Gasteiger partial charge in [-0.25, -0.2) is 0 Å². The van der Waals surface area contributed by atoms with Crippen LogP contribution < -0.4 is 5.32 Å². The molecule has 18 heavy (non-hydrogen) atoms. The van der Waals surface area contributed by atoms with Crippen LogP contribution in [0.25, 0.3) is 0 Å². The second-order valence-electron chi connectivity index (χ2n) is 4.05. The molecule has 0 spiro atoms. The lowest BCUT2D eigenvalue weighted by atomic mass is 10.1. The number of halogens is 2. The molecule has 0 saturated carbocycles. The Bertz CT molecular complexity index is 512. The highest BCUT2D eigenvalue weighted by molar-refractivity contribution is 9.11. The van der Waals surface area contributed by atoms with Gasteiger partial charge in [-0.1, -0.05) is 36.7 Å². The Morgan fingerprint density at radius 2 is 2.06 bits per heavy atom. The highest BCUT2D eigenvalue weighted by Gasteiger charge is 2.17. The minimum absolute atomic E-state index is 0.176. The third-order valence-electron chi connectivity index (χ3n) is 2.69. The molecule has 1 nitrogen and oxygen atoms in total. The standard InChI is InChI=1S/C14H15BrClNS/c1-2-9-17-14(12-7-8-13(15)18-12)10-5-3-4-6-11(10)16/h3-8,14,17H,2,9H2,1H3. The van der Waals surface area contributed by atoms with Crippen LogP contribution in [-0.4, -0.2) is 6.54 Å². The van der Waals surface area contributed by atoms with Gasteiger partial charge in [0.05, 0.1) is 9.83 Å². The number of hydrogen-bond acceptors (Lipinski definition) is 2. The second-order valence-corrected chi connectivity index (χ2v) is 6.95. The van der Waals surface area contributed by atoms with Gasteiger partial charge in [-0.15, -0.1) is 11.3 Å². The molecule has 0 bridgehead atoms. The second kappa shape index (κ2) is 6.71. The normalized spacial score (nSPS) is 12.6. The van der Waals surface area contributed by atoms with Gasteiger partial charge >= 0.3 is 0 Å². The fourth-order valence-corrected chi connectivity index (χ4v) is 3.61. The molecule has 0 aliphatic heterocycles. The molecule has 0 aliphatic rings. The van der Waals surface area contributed by atoms with E-state index >= 15 is 0 Å². The summed E-state index contributed by atoms with van der Waals surface area (Å²) in [6, 6.07) is 12.4. The lowest BCUT2D eigenvalue weighted by Gasteiger charge is -2.18. The monoisotopic (exact) mass is 343 g/mol. The summed E-state index contributed by atoms with van der Waals surface area (Å²) in [5, 5.41) is 4.38. The number of thiophene rings is 1. The quantitative estimate of drug-likeness (QED) is 0.781. The zero-order chi connectivity index (χ0) is 13.0. The summed E-state index contributed by atoms with van der Waals surface area (Å²) in [5.41, 5.74) is 1.14. The number of hydrogen-bond donors (Lipinski definition) is 1. The van der Waals surface area contributed by atoms with Gasteiger partial charge in [-0.3, -0.25) is 0 Å². The van der Waals surface area contributed by atoms with E-state index in [0.29, 0.717) is 0 Å². The Labute approximate surface area is 125 Å². The molecule has 1 N–H and O–H groups in total. The van der Waals surface area contributed by atoms with Gasteiger partial charge in [-0.2, -0.15) is 0 Å². The Kier molecular flexibility index (Phi) is 5.25. The topological polar surface area (TPSA) is 12.0 Å². The number of nitrogens with one attached hydrogen (secondary N) is 1. The molecule has 1 heterocycles. The summed E-state index contributed by atoms with van der Waals surface area (Å²) >= 11 is 11.6. The van der Waals surface area contributed by atoms with Crippen LogP contribution in [0.5, 0.6) is 0 Å². The first kappa shape index (κ1) is 14.1. The van der Waals surface area contributed by atoms with Crippen molar-refractivity contribution in [2.45, 2.75) is 19.4 Å². The highest BCUT2D eigenvalue weighted by atomic mass is 79.9. The molecular formula is C14H15BrClNS. The minimum Gasteiger partial charge on any atom is -0.306 e. The Balaban J connectivity index is 2.33. The molecular weight excluding hydrogens is 330 g/mol. The Hall–Kier alpha value is -0.350. The van der Waals surface area contributed by atoms with Crippen LogP contribution in [0.15, 0.2) is 40.2 Å². The summed E-state index contributed by atoms with van der Waals surface area (Å²) in [5.74, 6) is 0. The molecule has 1 unspecified atom stereocenters. The van der Waals surface area contributed by atoms with E-state index in [2.05, 4.69) is 46.4 Å². The van der Waals surface area contributed by atoms with Gasteiger partial charge in [0.2, 0.25) is 0 Å². The van der Waals surface area contributed by atoms with Crippen molar-refractivity contribution in [1.82, 2.24) is 5.32 Å². The van der Waals surface area contributed by atoms with Crippen LogP contribution in [0.2, 0.25) is 5.02 Å². The maximum Gasteiger partial charge on any atom is 0.0702 e. The molecule has 0 aliphatic carbocycles. The molecule has 1 atom stereocenters. The van der Waals surface area contributed by atoms with Gasteiger partial charge in [0, 0.05) is 9.90 Å². The predicted octanol–water partition coefficient (Wildman–Crippen LogP) is 5.25. The van der Waals surface area contributed by atoms with Crippen LogP contribution in [0.4, 0.5) is 0 Å². The maximum atomic E-state index is 6.31. The van der Waals surface area contributed by atoms with Crippen molar-refractivity contribution in [1.29, 1.82) is 0 Å². The van der Waals surface area contributed by atoms with Crippen molar-refractivity contribution in [3.8, 4) is 0 Å². The summed E-state index contributed by atoms with van der Waals surface area (Å²) in [4.78, 5) is 1.28. The highest BCUT2D eigenvalue weighted by Crippen LogP contribution is 2.34. The van der Waals surface area contributed by atoms with Gasteiger partial charge in [-0.05, 0) is 52.7 Å². The van der Waals surface area contributed by atoms with Gasteiger partial charge in [0.1, 0.15) is 0 Å². The average molecular weight is 345 g/mol. The van der Waals surface area contributed by atoms with E-state index in [1.807, 2.05) is 18.2 Å². The average Bonchev–Trinajstić information content (AvgIpc) is 2.78. The zero-order valence-electron chi connectivity index (χ0n) is 10.1. The van der Waals surface area contributed by atoms with Crippen molar-refractivity contribution < 1.29 is 0 Å². The molecule has 0 saturated heterocycles. The third kappa shape index (κ3) is 3.35. The smallest absolute Gasteiger partial charge is 0.0702 e. The van der Waals surface area contributed by atoms with Crippen molar-refractivity contribution in [2.75, 3.05) is 6.54 Å². The van der Waals surface area contributed by atoms with Crippen LogP contribution >= 0.6 is 38.9 Å².